The Morgan fingerprint density at radius 1 is 1.18 bits per heavy atom. The molecule has 1 aliphatic carbocycles. The van der Waals surface area contributed by atoms with E-state index in [1.54, 1.807) is 4.90 Å². The molecule has 0 radical (unpaired) electrons. The van der Waals surface area contributed by atoms with Gasteiger partial charge in [0.05, 0.1) is 0 Å². The average Bonchev–Trinajstić information content (AvgIpc) is 3.09. The number of likely N-dealkylation sites (tertiary alicyclic amines) is 1. The minimum absolute atomic E-state index is 0.0106. The highest BCUT2D eigenvalue weighted by Gasteiger charge is 2.43. The van der Waals surface area contributed by atoms with Gasteiger partial charge in [-0.25, -0.2) is 8.42 Å². The number of halogens is 1. The van der Waals surface area contributed by atoms with Crippen LogP contribution in [0.2, 0.25) is 0 Å². The van der Waals surface area contributed by atoms with Crippen LogP contribution in [0.1, 0.15) is 37.7 Å². The van der Waals surface area contributed by atoms with Crippen molar-refractivity contribution in [1.82, 2.24) is 4.90 Å². The SMILES string of the molecule is O=C1CC(S(=O)(=O)Cl)CN1CC1(c2ccccc2)CCCC1. The zero-order valence-electron chi connectivity index (χ0n) is 12.4. The van der Waals surface area contributed by atoms with Gasteiger partial charge in [-0.3, -0.25) is 4.79 Å². The molecule has 0 N–H and O–H groups in total. The second kappa shape index (κ2) is 5.85. The number of hydrogen-bond donors (Lipinski definition) is 0. The summed E-state index contributed by atoms with van der Waals surface area (Å²) in [5.74, 6) is -0.101. The van der Waals surface area contributed by atoms with Crippen molar-refractivity contribution < 1.29 is 13.2 Å². The molecule has 0 spiro atoms. The molecule has 1 heterocycles. The summed E-state index contributed by atoms with van der Waals surface area (Å²) in [6.07, 6.45) is 4.39. The lowest BCUT2D eigenvalue weighted by atomic mass is 9.78. The quantitative estimate of drug-likeness (QED) is 0.791. The predicted octanol–water partition coefficient (Wildman–Crippen LogP) is 2.67. The maximum atomic E-state index is 12.2. The Balaban J connectivity index is 1.82. The molecule has 0 bridgehead atoms. The largest absolute Gasteiger partial charge is 0.340 e. The van der Waals surface area contributed by atoms with Gasteiger partial charge in [0.15, 0.2) is 0 Å². The summed E-state index contributed by atoms with van der Waals surface area (Å²) in [5, 5.41) is -0.768. The van der Waals surface area contributed by atoms with Crippen LogP contribution in [0.5, 0.6) is 0 Å². The minimum atomic E-state index is -3.68. The van der Waals surface area contributed by atoms with E-state index in [1.807, 2.05) is 18.2 Å². The Bertz CT molecular complexity index is 653. The van der Waals surface area contributed by atoms with Gasteiger partial charge in [-0.1, -0.05) is 43.2 Å². The molecule has 1 saturated carbocycles. The van der Waals surface area contributed by atoms with Crippen LogP contribution in [0.15, 0.2) is 30.3 Å². The highest BCUT2D eigenvalue weighted by atomic mass is 35.7. The molecule has 1 saturated heterocycles. The fourth-order valence-electron chi connectivity index (χ4n) is 3.82. The fourth-order valence-corrected chi connectivity index (χ4v) is 4.88. The van der Waals surface area contributed by atoms with Gasteiger partial charge < -0.3 is 4.90 Å². The molecule has 1 aliphatic heterocycles. The summed E-state index contributed by atoms with van der Waals surface area (Å²) in [6.45, 7) is 0.817. The molecule has 1 atom stereocenters. The number of benzene rings is 1. The molecular formula is C16H20ClNO3S. The van der Waals surface area contributed by atoms with E-state index in [0.29, 0.717) is 6.54 Å². The highest BCUT2D eigenvalue weighted by Crippen LogP contribution is 2.42. The summed E-state index contributed by atoms with van der Waals surface area (Å²) in [7, 11) is 1.76. The molecule has 3 rings (SSSR count). The predicted molar refractivity (Wildman–Crippen MR) is 86.3 cm³/mol. The van der Waals surface area contributed by atoms with Gasteiger partial charge in [0, 0.05) is 35.6 Å². The second-order valence-electron chi connectivity index (χ2n) is 6.43. The molecule has 120 valence electrons. The second-order valence-corrected chi connectivity index (χ2v) is 9.34. The summed E-state index contributed by atoms with van der Waals surface area (Å²) in [5.41, 5.74) is 1.21. The third kappa shape index (κ3) is 3.01. The first-order valence-corrected chi connectivity index (χ1v) is 10.0. The lowest BCUT2D eigenvalue weighted by molar-refractivity contribution is -0.128. The van der Waals surface area contributed by atoms with Crippen molar-refractivity contribution in [1.29, 1.82) is 0 Å². The van der Waals surface area contributed by atoms with E-state index in [0.717, 1.165) is 25.7 Å². The Kier molecular flexibility index (Phi) is 4.21. The molecule has 2 aliphatic rings. The molecule has 4 nitrogen and oxygen atoms in total. The number of hydrogen-bond acceptors (Lipinski definition) is 3. The Hall–Kier alpha value is -1.07. The van der Waals surface area contributed by atoms with Crippen LogP contribution in [0.25, 0.3) is 0 Å². The molecule has 22 heavy (non-hydrogen) atoms. The number of rotatable bonds is 4. The van der Waals surface area contributed by atoms with Crippen molar-refractivity contribution in [3.05, 3.63) is 35.9 Å². The molecule has 1 unspecified atom stereocenters. The van der Waals surface area contributed by atoms with Crippen molar-refractivity contribution in [2.75, 3.05) is 13.1 Å². The van der Waals surface area contributed by atoms with Crippen LogP contribution in [0.4, 0.5) is 0 Å². The van der Waals surface area contributed by atoms with E-state index < -0.39 is 14.3 Å². The van der Waals surface area contributed by atoms with Crippen LogP contribution < -0.4 is 0 Å². The monoisotopic (exact) mass is 341 g/mol. The van der Waals surface area contributed by atoms with E-state index in [2.05, 4.69) is 12.1 Å². The molecule has 0 aromatic heterocycles. The average molecular weight is 342 g/mol. The topological polar surface area (TPSA) is 54.5 Å². The first-order chi connectivity index (χ1) is 10.4. The van der Waals surface area contributed by atoms with Gasteiger partial charge >= 0.3 is 0 Å². The minimum Gasteiger partial charge on any atom is -0.340 e. The number of carbonyl (C=O) groups excluding carboxylic acids is 1. The lowest BCUT2D eigenvalue weighted by Gasteiger charge is -2.34. The van der Waals surface area contributed by atoms with Crippen LogP contribution in [-0.4, -0.2) is 37.6 Å². The summed E-state index contributed by atoms with van der Waals surface area (Å²) >= 11 is 0. The third-order valence-electron chi connectivity index (χ3n) is 5.02. The Labute approximate surface area is 135 Å². The molecule has 1 aromatic carbocycles. The fraction of sp³-hybridized carbons (Fsp3) is 0.562. The smallest absolute Gasteiger partial charge is 0.237 e. The Morgan fingerprint density at radius 2 is 1.82 bits per heavy atom. The van der Waals surface area contributed by atoms with E-state index in [9.17, 15) is 13.2 Å². The standard InChI is InChI=1S/C16H20ClNO3S/c17-22(20,21)14-10-15(19)18(11-14)12-16(8-4-5-9-16)13-6-2-1-3-7-13/h1-3,6-7,14H,4-5,8-12H2. The van der Waals surface area contributed by atoms with Crippen molar-refractivity contribution >= 4 is 25.6 Å². The van der Waals surface area contributed by atoms with E-state index in [1.165, 1.54) is 5.56 Å². The number of carbonyl (C=O) groups is 1. The van der Waals surface area contributed by atoms with Gasteiger partial charge in [0.25, 0.3) is 0 Å². The first-order valence-electron chi connectivity index (χ1n) is 7.67. The van der Waals surface area contributed by atoms with E-state index in [4.69, 9.17) is 10.7 Å². The first kappa shape index (κ1) is 15.8. The van der Waals surface area contributed by atoms with Crippen molar-refractivity contribution in [3.63, 3.8) is 0 Å². The summed E-state index contributed by atoms with van der Waals surface area (Å²) in [6, 6.07) is 10.3. The normalized spacial score (nSPS) is 24.9. The summed E-state index contributed by atoms with van der Waals surface area (Å²) < 4.78 is 23.0. The number of nitrogens with zero attached hydrogens (tertiary/aromatic N) is 1. The van der Waals surface area contributed by atoms with E-state index in [-0.39, 0.29) is 24.3 Å². The van der Waals surface area contributed by atoms with Crippen LogP contribution in [-0.2, 0) is 19.3 Å². The van der Waals surface area contributed by atoms with Crippen LogP contribution in [0.3, 0.4) is 0 Å². The van der Waals surface area contributed by atoms with Gasteiger partial charge in [0.2, 0.25) is 15.0 Å². The maximum Gasteiger partial charge on any atom is 0.237 e. The van der Waals surface area contributed by atoms with E-state index >= 15 is 0 Å². The maximum absolute atomic E-state index is 12.2. The Morgan fingerprint density at radius 3 is 2.36 bits per heavy atom. The van der Waals surface area contributed by atoms with Gasteiger partial charge in [-0.05, 0) is 18.4 Å². The molecule has 1 aromatic rings. The van der Waals surface area contributed by atoms with Crippen molar-refractivity contribution in [2.45, 2.75) is 42.8 Å². The highest BCUT2D eigenvalue weighted by molar-refractivity contribution is 8.14. The molecule has 1 amide bonds. The number of amides is 1. The lowest BCUT2D eigenvalue weighted by Crippen LogP contribution is -2.40. The van der Waals surface area contributed by atoms with Gasteiger partial charge in [-0.2, -0.15) is 0 Å². The van der Waals surface area contributed by atoms with Crippen LogP contribution in [0, 0.1) is 0 Å². The van der Waals surface area contributed by atoms with Gasteiger partial charge in [-0.15, -0.1) is 0 Å². The third-order valence-corrected chi connectivity index (χ3v) is 6.89. The summed E-state index contributed by atoms with van der Waals surface area (Å²) in [4.78, 5) is 13.9. The zero-order chi connectivity index (χ0) is 15.8. The molecular weight excluding hydrogens is 322 g/mol. The zero-order valence-corrected chi connectivity index (χ0v) is 13.9. The molecule has 6 heteroatoms. The van der Waals surface area contributed by atoms with Crippen molar-refractivity contribution in [2.24, 2.45) is 0 Å². The van der Waals surface area contributed by atoms with Gasteiger partial charge in [0.1, 0.15) is 5.25 Å². The van der Waals surface area contributed by atoms with Crippen LogP contribution >= 0.6 is 10.7 Å². The van der Waals surface area contributed by atoms with Crippen molar-refractivity contribution in [3.8, 4) is 0 Å². The molecule has 2 fully saturated rings.